The van der Waals surface area contributed by atoms with Gasteiger partial charge in [-0.1, -0.05) is 65.8 Å². The largest absolute Gasteiger partial charge is 0.507 e. The lowest BCUT2D eigenvalue weighted by atomic mass is 9.68. The SMILES string of the molecule is CC(C)(C)c1cc(C2CC(=N)C=C3C=CCCC32)cc(C(C)(C)C)c1O. The van der Waals surface area contributed by atoms with Crippen LogP contribution in [0.25, 0.3) is 0 Å². The van der Waals surface area contributed by atoms with Crippen LogP contribution < -0.4 is 0 Å². The topological polar surface area (TPSA) is 44.1 Å². The first-order valence-electron chi connectivity index (χ1n) is 9.82. The normalized spacial score (nSPS) is 23.6. The molecule has 2 unspecified atom stereocenters. The van der Waals surface area contributed by atoms with Crippen LogP contribution >= 0.6 is 0 Å². The molecule has 1 aromatic rings. The lowest BCUT2D eigenvalue weighted by Gasteiger charge is -2.36. The molecule has 0 aromatic heterocycles. The number of nitrogens with one attached hydrogen (secondary N) is 1. The number of phenolic OH excluding ortho intramolecular Hbond substituents is 1. The second kappa shape index (κ2) is 6.40. The summed E-state index contributed by atoms with van der Waals surface area (Å²) < 4.78 is 0. The molecule has 0 amide bonds. The van der Waals surface area contributed by atoms with Crippen molar-refractivity contribution < 1.29 is 5.11 Å². The van der Waals surface area contributed by atoms with Gasteiger partial charge in [-0.25, -0.2) is 0 Å². The van der Waals surface area contributed by atoms with Gasteiger partial charge in [0, 0.05) is 5.71 Å². The van der Waals surface area contributed by atoms with Gasteiger partial charge in [0.15, 0.2) is 0 Å². The van der Waals surface area contributed by atoms with Crippen LogP contribution in [0.15, 0.2) is 35.9 Å². The van der Waals surface area contributed by atoms with Gasteiger partial charge in [0.05, 0.1) is 0 Å². The summed E-state index contributed by atoms with van der Waals surface area (Å²) in [5.74, 6) is 1.26. The van der Waals surface area contributed by atoms with Crippen molar-refractivity contribution in [3.05, 3.63) is 52.6 Å². The zero-order valence-electron chi connectivity index (χ0n) is 17.1. The van der Waals surface area contributed by atoms with Gasteiger partial charge < -0.3 is 10.5 Å². The average molecular weight is 352 g/mol. The van der Waals surface area contributed by atoms with E-state index in [0.717, 1.165) is 36.1 Å². The van der Waals surface area contributed by atoms with Crippen LogP contribution in [0, 0.1) is 11.3 Å². The van der Waals surface area contributed by atoms with Crippen molar-refractivity contribution in [3.8, 4) is 5.75 Å². The van der Waals surface area contributed by atoms with Crippen molar-refractivity contribution in [2.75, 3.05) is 0 Å². The van der Waals surface area contributed by atoms with Gasteiger partial charge in [-0.15, -0.1) is 0 Å². The molecule has 2 aliphatic rings. The van der Waals surface area contributed by atoms with E-state index < -0.39 is 0 Å². The highest BCUT2D eigenvalue weighted by Gasteiger charge is 2.34. The average Bonchev–Trinajstić information content (AvgIpc) is 2.52. The summed E-state index contributed by atoms with van der Waals surface area (Å²) in [4.78, 5) is 0. The van der Waals surface area contributed by atoms with Gasteiger partial charge in [0.1, 0.15) is 5.75 Å². The van der Waals surface area contributed by atoms with Gasteiger partial charge in [0.2, 0.25) is 0 Å². The molecule has 0 fully saturated rings. The van der Waals surface area contributed by atoms with Crippen LogP contribution in [0.3, 0.4) is 0 Å². The number of fused-ring (bicyclic) bond motifs is 1. The van der Waals surface area contributed by atoms with E-state index in [1.54, 1.807) is 0 Å². The Hall–Kier alpha value is -1.83. The molecule has 140 valence electrons. The lowest BCUT2D eigenvalue weighted by Crippen LogP contribution is -2.25. The summed E-state index contributed by atoms with van der Waals surface area (Å²) in [6, 6.07) is 4.42. The first kappa shape index (κ1) is 18.9. The Morgan fingerprint density at radius 3 is 2.08 bits per heavy atom. The predicted octanol–water partition coefficient (Wildman–Crippen LogP) is 6.39. The number of allylic oxidation sites excluding steroid dienone is 4. The summed E-state index contributed by atoms with van der Waals surface area (Å²) in [5, 5.41) is 19.3. The Labute approximate surface area is 158 Å². The third-order valence-corrected chi connectivity index (χ3v) is 5.83. The molecule has 26 heavy (non-hydrogen) atoms. The highest BCUT2D eigenvalue weighted by molar-refractivity contribution is 5.95. The van der Waals surface area contributed by atoms with E-state index >= 15 is 0 Å². The van der Waals surface area contributed by atoms with Gasteiger partial charge in [-0.2, -0.15) is 0 Å². The third kappa shape index (κ3) is 3.51. The monoisotopic (exact) mass is 351 g/mol. The van der Waals surface area contributed by atoms with Crippen LogP contribution in [0.2, 0.25) is 0 Å². The minimum atomic E-state index is -0.118. The molecular formula is C24H33NO. The Kier molecular flexibility index (Phi) is 4.67. The van der Waals surface area contributed by atoms with Gasteiger partial charge >= 0.3 is 0 Å². The van der Waals surface area contributed by atoms with Crippen LogP contribution in [0.5, 0.6) is 5.75 Å². The molecule has 2 heteroatoms. The summed E-state index contributed by atoms with van der Waals surface area (Å²) in [6.45, 7) is 13.0. The van der Waals surface area contributed by atoms with E-state index in [9.17, 15) is 5.11 Å². The van der Waals surface area contributed by atoms with Crippen molar-refractivity contribution in [2.45, 2.75) is 77.6 Å². The standard InChI is InChI=1S/C24H33NO/c1-23(2,3)20-12-16(13-21(22(20)26)24(4,5)6)19-14-17(25)11-15-9-7-8-10-18(15)19/h7,9,11-13,18-19,25-26H,8,10,14H2,1-6H3. The number of aromatic hydroxyl groups is 1. The van der Waals surface area contributed by atoms with Crippen LogP contribution in [-0.2, 0) is 10.8 Å². The number of phenols is 1. The van der Waals surface area contributed by atoms with Crippen molar-refractivity contribution in [1.29, 1.82) is 5.41 Å². The molecule has 2 nitrogen and oxygen atoms in total. The number of benzene rings is 1. The third-order valence-electron chi connectivity index (χ3n) is 5.83. The molecule has 1 aromatic carbocycles. The molecule has 0 spiro atoms. The van der Waals surface area contributed by atoms with Crippen molar-refractivity contribution in [2.24, 2.45) is 5.92 Å². The first-order chi connectivity index (χ1) is 12.0. The van der Waals surface area contributed by atoms with E-state index in [2.05, 4.69) is 71.9 Å². The van der Waals surface area contributed by atoms with E-state index in [0.29, 0.717) is 17.6 Å². The minimum absolute atomic E-state index is 0.118. The Bertz CT molecular complexity index is 748. The molecular weight excluding hydrogens is 318 g/mol. The van der Waals surface area contributed by atoms with Gasteiger partial charge in [0.25, 0.3) is 0 Å². The Morgan fingerprint density at radius 2 is 1.54 bits per heavy atom. The Morgan fingerprint density at radius 1 is 0.962 bits per heavy atom. The smallest absolute Gasteiger partial charge is 0.123 e. The fourth-order valence-electron chi connectivity index (χ4n) is 4.38. The fraction of sp³-hybridized carbons (Fsp3) is 0.542. The maximum Gasteiger partial charge on any atom is 0.123 e. The van der Waals surface area contributed by atoms with Crippen LogP contribution in [0.4, 0.5) is 0 Å². The summed E-state index contributed by atoms with van der Waals surface area (Å²) >= 11 is 0. The molecule has 0 aliphatic heterocycles. The molecule has 2 N–H and O–H groups in total. The Balaban J connectivity index is 2.17. The minimum Gasteiger partial charge on any atom is -0.507 e. The van der Waals surface area contributed by atoms with Crippen molar-refractivity contribution in [3.63, 3.8) is 0 Å². The number of hydrogen-bond acceptors (Lipinski definition) is 2. The highest BCUT2D eigenvalue weighted by atomic mass is 16.3. The van der Waals surface area contributed by atoms with Gasteiger partial charge in [-0.3, -0.25) is 0 Å². The maximum absolute atomic E-state index is 11.0. The van der Waals surface area contributed by atoms with Crippen LogP contribution in [-0.4, -0.2) is 10.8 Å². The molecule has 2 aliphatic carbocycles. The fourth-order valence-corrected chi connectivity index (χ4v) is 4.38. The molecule has 0 saturated heterocycles. The maximum atomic E-state index is 11.0. The zero-order valence-corrected chi connectivity index (χ0v) is 17.1. The molecule has 0 bridgehead atoms. The quantitative estimate of drug-likeness (QED) is 0.605. The van der Waals surface area contributed by atoms with E-state index in [4.69, 9.17) is 5.41 Å². The highest BCUT2D eigenvalue weighted by Crippen LogP contribution is 2.46. The second-order valence-electron chi connectivity index (χ2n) is 10.0. The van der Waals surface area contributed by atoms with Crippen molar-refractivity contribution in [1.82, 2.24) is 0 Å². The summed E-state index contributed by atoms with van der Waals surface area (Å²) in [7, 11) is 0. The second-order valence-corrected chi connectivity index (χ2v) is 10.0. The summed E-state index contributed by atoms with van der Waals surface area (Å²) in [5.41, 5.74) is 5.12. The molecule has 0 heterocycles. The summed E-state index contributed by atoms with van der Waals surface area (Å²) in [6.07, 6.45) is 9.56. The molecule has 3 rings (SSSR count). The van der Waals surface area contributed by atoms with E-state index in [-0.39, 0.29) is 10.8 Å². The predicted molar refractivity (Wildman–Crippen MR) is 111 cm³/mol. The zero-order chi connectivity index (χ0) is 19.3. The van der Waals surface area contributed by atoms with Crippen molar-refractivity contribution >= 4 is 5.71 Å². The van der Waals surface area contributed by atoms with E-state index in [1.807, 2.05) is 0 Å². The lowest BCUT2D eigenvalue weighted by molar-refractivity contribution is 0.417. The molecule has 2 atom stereocenters. The van der Waals surface area contributed by atoms with Crippen LogP contribution in [0.1, 0.15) is 83.4 Å². The first-order valence-corrected chi connectivity index (χ1v) is 9.82. The van der Waals surface area contributed by atoms with E-state index in [1.165, 1.54) is 11.1 Å². The molecule has 0 radical (unpaired) electrons. The molecule has 0 saturated carbocycles. The number of hydrogen-bond donors (Lipinski definition) is 2. The number of rotatable bonds is 1. The van der Waals surface area contributed by atoms with Gasteiger partial charge in [-0.05, 0) is 70.3 Å².